The first kappa shape index (κ1) is 10.4. The lowest BCUT2D eigenvalue weighted by atomic mass is 9.72. The van der Waals surface area contributed by atoms with E-state index in [-0.39, 0.29) is 17.9 Å². The van der Waals surface area contributed by atoms with Crippen LogP contribution >= 0.6 is 0 Å². The number of nitrogens with one attached hydrogen (secondary N) is 1. The number of aromatic nitrogens is 1. The Bertz CT molecular complexity index is 504. The molecule has 0 aromatic carbocycles. The van der Waals surface area contributed by atoms with Crippen molar-refractivity contribution in [1.82, 2.24) is 10.3 Å². The summed E-state index contributed by atoms with van der Waals surface area (Å²) in [5.74, 6) is -0.379. The molecule has 3 atom stereocenters. The Balaban J connectivity index is 2.02. The molecule has 1 aromatic rings. The number of hydrogen-bond donors (Lipinski definition) is 1. The van der Waals surface area contributed by atoms with Crippen LogP contribution in [0.5, 0.6) is 0 Å². The van der Waals surface area contributed by atoms with Crippen molar-refractivity contribution in [1.29, 1.82) is 5.26 Å². The minimum atomic E-state index is -0.612. The second-order valence-corrected chi connectivity index (χ2v) is 4.76. The van der Waals surface area contributed by atoms with Crippen LogP contribution in [0.15, 0.2) is 30.6 Å². The normalized spacial score (nSPS) is 34.6. The zero-order valence-corrected chi connectivity index (χ0v) is 9.23. The molecule has 0 saturated carbocycles. The fourth-order valence-electron chi connectivity index (χ4n) is 2.81. The molecule has 1 aromatic heterocycles. The predicted octanol–water partition coefficient (Wildman–Crippen LogP) is 1.67. The maximum absolute atomic E-state index is 13.2. The number of pyridine rings is 1. The van der Waals surface area contributed by atoms with Gasteiger partial charge in [0.1, 0.15) is 5.82 Å². The van der Waals surface area contributed by atoms with Crippen molar-refractivity contribution in [3.8, 4) is 6.07 Å². The van der Waals surface area contributed by atoms with Crippen LogP contribution in [0.3, 0.4) is 0 Å². The van der Waals surface area contributed by atoms with Crippen molar-refractivity contribution >= 4 is 0 Å². The predicted molar refractivity (Wildman–Crippen MR) is 60.6 cm³/mol. The fraction of sp³-hybridized carbons (Fsp3) is 0.385. The summed E-state index contributed by atoms with van der Waals surface area (Å²) in [5, 5.41) is 12.9. The van der Waals surface area contributed by atoms with Gasteiger partial charge in [0.15, 0.2) is 0 Å². The lowest BCUT2D eigenvalue weighted by Crippen LogP contribution is -2.46. The lowest BCUT2D eigenvalue weighted by molar-refractivity contribution is 0.318. The highest BCUT2D eigenvalue weighted by Crippen LogP contribution is 2.39. The highest BCUT2D eigenvalue weighted by Gasteiger charge is 2.43. The first-order valence-corrected chi connectivity index (χ1v) is 5.68. The number of halogens is 1. The molecule has 1 saturated heterocycles. The van der Waals surface area contributed by atoms with E-state index < -0.39 is 5.41 Å². The van der Waals surface area contributed by atoms with Crippen molar-refractivity contribution in [3.05, 3.63) is 42.0 Å². The monoisotopic (exact) mass is 229 g/mol. The van der Waals surface area contributed by atoms with Crippen LogP contribution in [0, 0.1) is 17.1 Å². The van der Waals surface area contributed by atoms with Gasteiger partial charge in [-0.05, 0) is 24.5 Å². The number of rotatable bonds is 1. The summed E-state index contributed by atoms with van der Waals surface area (Å²) in [5.41, 5.74) is 0.0827. The third kappa shape index (κ3) is 1.63. The van der Waals surface area contributed by atoms with E-state index in [1.165, 1.54) is 12.3 Å². The van der Waals surface area contributed by atoms with E-state index in [1.807, 2.05) is 0 Å². The van der Waals surface area contributed by atoms with E-state index in [0.29, 0.717) is 18.4 Å². The highest BCUT2D eigenvalue weighted by molar-refractivity contribution is 5.36. The minimum Gasteiger partial charge on any atom is -0.304 e. The highest BCUT2D eigenvalue weighted by atomic mass is 19.1. The molecular weight excluding hydrogens is 217 g/mol. The van der Waals surface area contributed by atoms with Crippen molar-refractivity contribution < 1.29 is 4.39 Å². The van der Waals surface area contributed by atoms with Gasteiger partial charge in [-0.25, -0.2) is 4.39 Å². The van der Waals surface area contributed by atoms with Gasteiger partial charge < -0.3 is 5.32 Å². The van der Waals surface area contributed by atoms with Gasteiger partial charge in [-0.1, -0.05) is 12.2 Å². The third-order valence-electron chi connectivity index (χ3n) is 3.61. The summed E-state index contributed by atoms with van der Waals surface area (Å²) >= 11 is 0. The number of fused-ring (bicyclic) bond motifs is 2. The fourth-order valence-corrected chi connectivity index (χ4v) is 2.81. The molecule has 17 heavy (non-hydrogen) atoms. The molecule has 2 aliphatic heterocycles. The molecule has 3 nitrogen and oxygen atoms in total. The van der Waals surface area contributed by atoms with E-state index in [1.54, 1.807) is 6.20 Å². The quantitative estimate of drug-likeness (QED) is 0.745. The molecule has 1 N–H and O–H groups in total. The molecule has 3 rings (SSSR count). The first-order chi connectivity index (χ1) is 8.22. The van der Waals surface area contributed by atoms with Gasteiger partial charge in [0.25, 0.3) is 0 Å². The zero-order valence-electron chi connectivity index (χ0n) is 9.23. The number of hydrogen-bond acceptors (Lipinski definition) is 3. The van der Waals surface area contributed by atoms with E-state index in [0.717, 1.165) is 0 Å². The van der Waals surface area contributed by atoms with Crippen LogP contribution in [-0.2, 0) is 5.41 Å². The van der Waals surface area contributed by atoms with Crippen molar-refractivity contribution in [2.24, 2.45) is 0 Å². The van der Waals surface area contributed by atoms with Gasteiger partial charge in [-0.3, -0.25) is 4.98 Å². The van der Waals surface area contributed by atoms with Crippen LogP contribution in [0.2, 0.25) is 0 Å². The average Bonchev–Trinajstić information content (AvgIpc) is 2.69. The Morgan fingerprint density at radius 2 is 2.06 bits per heavy atom. The molecular formula is C13H12FN3. The largest absolute Gasteiger partial charge is 0.304 e. The summed E-state index contributed by atoms with van der Waals surface area (Å²) in [7, 11) is 0. The van der Waals surface area contributed by atoms with Crippen LogP contribution in [0.4, 0.5) is 4.39 Å². The third-order valence-corrected chi connectivity index (χ3v) is 3.61. The minimum absolute atomic E-state index is 0.219. The second kappa shape index (κ2) is 3.64. The average molecular weight is 229 g/mol. The van der Waals surface area contributed by atoms with Gasteiger partial charge in [-0.15, -0.1) is 0 Å². The summed E-state index contributed by atoms with van der Waals surface area (Å²) in [6, 6.07) is 4.24. The molecule has 0 spiro atoms. The zero-order chi connectivity index (χ0) is 11.9. The summed E-state index contributed by atoms with van der Waals surface area (Å²) in [4.78, 5) is 3.86. The number of nitrogens with zero attached hydrogens (tertiary/aromatic N) is 2. The molecule has 86 valence electrons. The molecule has 4 heteroatoms. The van der Waals surface area contributed by atoms with Crippen molar-refractivity contribution in [3.63, 3.8) is 0 Å². The smallest absolute Gasteiger partial charge is 0.141 e. The maximum Gasteiger partial charge on any atom is 0.141 e. The van der Waals surface area contributed by atoms with Gasteiger partial charge in [0.05, 0.1) is 17.7 Å². The second-order valence-electron chi connectivity index (χ2n) is 4.76. The summed E-state index contributed by atoms with van der Waals surface area (Å²) in [6.45, 7) is 0. The van der Waals surface area contributed by atoms with E-state index in [9.17, 15) is 9.65 Å². The Hall–Kier alpha value is -1.73. The Morgan fingerprint density at radius 3 is 2.65 bits per heavy atom. The number of nitriles is 1. The SMILES string of the molecule is N#CC1(c2cncc(F)c2)C[C@H]2C=C[C@@H](C1)N2. The summed E-state index contributed by atoms with van der Waals surface area (Å²) in [6.07, 6.45) is 8.33. The van der Waals surface area contributed by atoms with Gasteiger partial charge in [0, 0.05) is 18.3 Å². The van der Waals surface area contributed by atoms with E-state index >= 15 is 0 Å². The topological polar surface area (TPSA) is 48.7 Å². The van der Waals surface area contributed by atoms with Crippen LogP contribution in [-0.4, -0.2) is 17.1 Å². The van der Waals surface area contributed by atoms with Gasteiger partial charge in [-0.2, -0.15) is 5.26 Å². The van der Waals surface area contributed by atoms with Gasteiger partial charge >= 0.3 is 0 Å². The van der Waals surface area contributed by atoms with Gasteiger partial charge in [0.2, 0.25) is 0 Å². The van der Waals surface area contributed by atoms with Crippen molar-refractivity contribution in [2.45, 2.75) is 30.3 Å². The Labute approximate surface area is 99.0 Å². The lowest BCUT2D eigenvalue weighted by Gasteiger charge is -2.36. The maximum atomic E-state index is 13.2. The number of piperidine rings is 1. The Kier molecular flexibility index (Phi) is 2.23. The molecule has 2 bridgehead atoms. The summed E-state index contributed by atoms with van der Waals surface area (Å²) < 4.78 is 13.2. The molecule has 3 heterocycles. The van der Waals surface area contributed by atoms with Crippen LogP contribution in [0.25, 0.3) is 0 Å². The molecule has 0 aliphatic carbocycles. The standard InChI is InChI=1S/C13H12FN3/c14-10-3-9(6-16-7-10)13(8-15)4-11-1-2-12(5-13)17-11/h1-3,6-7,11-12,17H,4-5H2/t11-,12+,13?. The molecule has 2 aliphatic rings. The first-order valence-electron chi connectivity index (χ1n) is 5.68. The van der Waals surface area contributed by atoms with Crippen LogP contribution < -0.4 is 5.32 Å². The van der Waals surface area contributed by atoms with Crippen LogP contribution in [0.1, 0.15) is 18.4 Å². The molecule has 1 unspecified atom stereocenters. The molecule has 0 amide bonds. The molecule has 1 fully saturated rings. The van der Waals surface area contributed by atoms with E-state index in [4.69, 9.17) is 0 Å². The molecule has 0 radical (unpaired) electrons. The Morgan fingerprint density at radius 1 is 1.35 bits per heavy atom. The van der Waals surface area contributed by atoms with E-state index in [2.05, 4.69) is 28.5 Å². The van der Waals surface area contributed by atoms with Crippen molar-refractivity contribution in [2.75, 3.05) is 0 Å².